The van der Waals surface area contributed by atoms with Crippen molar-refractivity contribution < 1.29 is 14.3 Å². The number of carbonyl (C=O) groups is 1. The minimum Gasteiger partial charge on any atom is -0.489 e. The van der Waals surface area contributed by atoms with Crippen LogP contribution in [0.2, 0.25) is 0 Å². The predicted octanol–water partition coefficient (Wildman–Crippen LogP) is 6.40. The van der Waals surface area contributed by atoms with Gasteiger partial charge < -0.3 is 9.47 Å². The fraction of sp³-hybridized carbons (Fsp3) is 0.0417. The average molecular weight is 433 g/mol. The molecule has 28 heavy (non-hydrogen) atoms. The van der Waals surface area contributed by atoms with Crippen molar-refractivity contribution in [2.45, 2.75) is 6.61 Å². The molecule has 4 rings (SSSR count). The van der Waals surface area contributed by atoms with Crippen molar-refractivity contribution in [3.05, 3.63) is 107 Å². The maximum Gasteiger partial charge on any atom is 0.343 e. The van der Waals surface area contributed by atoms with Crippen molar-refractivity contribution in [2.24, 2.45) is 0 Å². The van der Waals surface area contributed by atoms with Crippen molar-refractivity contribution in [3.63, 3.8) is 0 Å². The average Bonchev–Trinajstić information content (AvgIpc) is 2.74. The number of fused-ring (bicyclic) bond motifs is 1. The summed E-state index contributed by atoms with van der Waals surface area (Å²) in [4.78, 5) is 12.5. The van der Waals surface area contributed by atoms with E-state index in [1.807, 2.05) is 72.8 Å². The molecule has 0 bridgehead atoms. The Morgan fingerprint density at radius 3 is 2.29 bits per heavy atom. The Balaban J connectivity index is 1.43. The van der Waals surface area contributed by atoms with Crippen molar-refractivity contribution >= 4 is 32.7 Å². The summed E-state index contributed by atoms with van der Waals surface area (Å²) in [5.41, 5.74) is 1.48. The Kier molecular flexibility index (Phi) is 5.40. The standard InChI is InChI=1S/C24H17BrO3/c25-20-12-14-21(15-13-20)27-16-17-8-10-19(11-9-17)24(26)28-23-7-3-5-18-4-1-2-6-22(18)23/h1-15H,16H2. The largest absolute Gasteiger partial charge is 0.489 e. The van der Waals surface area contributed by atoms with Gasteiger partial charge in [0.15, 0.2) is 0 Å². The van der Waals surface area contributed by atoms with Crippen LogP contribution in [0.25, 0.3) is 10.8 Å². The third-order valence-electron chi connectivity index (χ3n) is 4.36. The molecule has 0 aliphatic rings. The topological polar surface area (TPSA) is 35.5 Å². The number of hydrogen-bond acceptors (Lipinski definition) is 3. The van der Waals surface area contributed by atoms with Gasteiger partial charge in [-0.25, -0.2) is 4.79 Å². The molecule has 0 heterocycles. The van der Waals surface area contributed by atoms with E-state index in [0.717, 1.165) is 26.6 Å². The Hall–Kier alpha value is -3.11. The van der Waals surface area contributed by atoms with Gasteiger partial charge in [0.05, 0.1) is 5.56 Å². The fourth-order valence-electron chi connectivity index (χ4n) is 2.88. The lowest BCUT2D eigenvalue weighted by molar-refractivity contribution is 0.0737. The van der Waals surface area contributed by atoms with Crippen LogP contribution in [0.3, 0.4) is 0 Å². The van der Waals surface area contributed by atoms with E-state index in [1.165, 1.54) is 0 Å². The van der Waals surface area contributed by atoms with Crippen LogP contribution in [0, 0.1) is 0 Å². The third kappa shape index (κ3) is 4.24. The summed E-state index contributed by atoms with van der Waals surface area (Å²) in [6.45, 7) is 0.431. The maximum atomic E-state index is 12.5. The number of halogens is 1. The van der Waals surface area contributed by atoms with Crippen LogP contribution in [-0.2, 0) is 6.61 Å². The van der Waals surface area contributed by atoms with Gasteiger partial charge in [0.1, 0.15) is 18.1 Å². The molecule has 0 radical (unpaired) electrons. The Morgan fingerprint density at radius 1 is 0.786 bits per heavy atom. The quantitative estimate of drug-likeness (QED) is 0.270. The minimum atomic E-state index is -0.378. The lowest BCUT2D eigenvalue weighted by atomic mass is 10.1. The second-order valence-electron chi connectivity index (χ2n) is 6.31. The molecule has 0 spiro atoms. The molecule has 0 aliphatic carbocycles. The SMILES string of the molecule is O=C(Oc1cccc2ccccc12)c1ccc(COc2ccc(Br)cc2)cc1. The lowest BCUT2D eigenvalue weighted by Crippen LogP contribution is -2.09. The molecule has 4 aromatic carbocycles. The van der Waals surface area contributed by atoms with Gasteiger partial charge in [-0.1, -0.05) is 64.5 Å². The van der Waals surface area contributed by atoms with Gasteiger partial charge in [-0.15, -0.1) is 0 Å². The summed E-state index contributed by atoms with van der Waals surface area (Å²) in [5.74, 6) is 0.977. The third-order valence-corrected chi connectivity index (χ3v) is 4.89. The van der Waals surface area contributed by atoms with Gasteiger partial charge in [0.25, 0.3) is 0 Å². The number of benzene rings is 4. The van der Waals surface area contributed by atoms with Crippen molar-refractivity contribution in [1.29, 1.82) is 0 Å². The molecule has 3 nitrogen and oxygen atoms in total. The normalized spacial score (nSPS) is 10.6. The number of rotatable bonds is 5. The Bertz CT molecular complexity index is 1100. The first-order chi connectivity index (χ1) is 13.7. The van der Waals surface area contributed by atoms with Crippen LogP contribution >= 0.6 is 15.9 Å². The summed E-state index contributed by atoms with van der Waals surface area (Å²) >= 11 is 3.40. The zero-order valence-electron chi connectivity index (χ0n) is 15.0. The molecule has 0 N–H and O–H groups in total. The van der Waals surface area contributed by atoms with Crippen LogP contribution in [0.4, 0.5) is 0 Å². The maximum absolute atomic E-state index is 12.5. The van der Waals surface area contributed by atoms with E-state index in [9.17, 15) is 4.79 Å². The van der Waals surface area contributed by atoms with E-state index in [4.69, 9.17) is 9.47 Å². The van der Waals surface area contributed by atoms with Gasteiger partial charge in [0, 0.05) is 9.86 Å². The van der Waals surface area contributed by atoms with Crippen LogP contribution in [-0.4, -0.2) is 5.97 Å². The molecule has 0 saturated heterocycles. The molecule has 0 aromatic heterocycles. The first-order valence-electron chi connectivity index (χ1n) is 8.86. The highest BCUT2D eigenvalue weighted by molar-refractivity contribution is 9.10. The molecular weight excluding hydrogens is 416 g/mol. The highest BCUT2D eigenvalue weighted by Gasteiger charge is 2.11. The summed E-state index contributed by atoms with van der Waals surface area (Å²) in [7, 11) is 0. The molecule has 4 aromatic rings. The van der Waals surface area contributed by atoms with Crippen LogP contribution in [0.15, 0.2) is 95.5 Å². The second kappa shape index (κ2) is 8.28. The van der Waals surface area contributed by atoms with Crippen molar-refractivity contribution in [2.75, 3.05) is 0 Å². The summed E-state index contributed by atoms with van der Waals surface area (Å²) < 4.78 is 12.4. The zero-order chi connectivity index (χ0) is 19.3. The van der Waals surface area contributed by atoms with E-state index in [-0.39, 0.29) is 5.97 Å². The van der Waals surface area contributed by atoms with Crippen LogP contribution in [0.5, 0.6) is 11.5 Å². The van der Waals surface area contributed by atoms with Gasteiger partial charge in [0.2, 0.25) is 0 Å². The van der Waals surface area contributed by atoms with Crippen LogP contribution < -0.4 is 9.47 Å². The zero-order valence-corrected chi connectivity index (χ0v) is 16.6. The molecule has 0 aliphatic heterocycles. The highest BCUT2D eigenvalue weighted by atomic mass is 79.9. The summed E-state index contributed by atoms with van der Waals surface area (Å²) in [6, 6.07) is 28.4. The van der Waals surface area contributed by atoms with E-state index in [1.54, 1.807) is 18.2 Å². The molecule has 0 fully saturated rings. The molecule has 0 unspecified atom stereocenters. The minimum absolute atomic E-state index is 0.378. The lowest BCUT2D eigenvalue weighted by Gasteiger charge is -2.09. The first-order valence-corrected chi connectivity index (χ1v) is 9.65. The molecule has 0 atom stereocenters. The van der Waals surface area contributed by atoms with E-state index in [2.05, 4.69) is 15.9 Å². The first kappa shape index (κ1) is 18.3. The van der Waals surface area contributed by atoms with Gasteiger partial charge in [-0.05, 0) is 53.4 Å². The number of esters is 1. The molecule has 138 valence electrons. The van der Waals surface area contributed by atoms with Gasteiger partial charge in [-0.2, -0.15) is 0 Å². The van der Waals surface area contributed by atoms with E-state index >= 15 is 0 Å². The second-order valence-corrected chi connectivity index (χ2v) is 7.22. The molecule has 0 amide bonds. The smallest absolute Gasteiger partial charge is 0.343 e. The summed E-state index contributed by atoms with van der Waals surface area (Å²) in [6.07, 6.45) is 0. The Morgan fingerprint density at radius 2 is 1.50 bits per heavy atom. The van der Waals surface area contributed by atoms with E-state index < -0.39 is 0 Å². The Labute approximate surface area is 171 Å². The van der Waals surface area contributed by atoms with Crippen LogP contribution in [0.1, 0.15) is 15.9 Å². The highest BCUT2D eigenvalue weighted by Crippen LogP contribution is 2.26. The predicted molar refractivity (Wildman–Crippen MR) is 114 cm³/mol. The fourth-order valence-corrected chi connectivity index (χ4v) is 3.14. The van der Waals surface area contributed by atoms with Gasteiger partial charge in [-0.3, -0.25) is 0 Å². The number of carbonyl (C=O) groups excluding carboxylic acids is 1. The van der Waals surface area contributed by atoms with E-state index in [0.29, 0.717) is 17.9 Å². The van der Waals surface area contributed by atoms with Crippen molar-refractivity contribution in [1.82, 2.24) is 0 Å². The van der Waals surface area contributed by atoms with Gasteiger partial charge >= 0.3 is 5.97 Å². The molecule has 0 saturated carbocycles. The number of ether oxygens (including phenoxy) is 2. The molecular formula is C24H17BrO3. The van der Waals surface area contributed by atoms with Crippen molar-refractivity contribution in [3.8, 4) is 11.5 Å². The number of hydrogen-bond donors (Lipinski definition) is 0. The molecule has 4 heteroatoms. The summed E-state index contributed by atoms with van der Waals surface area (Å²) in [5, 5.41) is 1.95. The monoisotopic (exact) mass is 432 g/mol.